The van der Waals surface area contributed by atoms with E-state index in [1.165, 1.54) is 0 Å². The minimum Gasteiger partial charge on any atom is -0.497 e. The number of piperidine rings is 1. The fourth-order valence-corrected chi connectivity index (χ4v) is 5.12. The Morgan fingerprint density at radius 1 is 1.18 bits per heavy atom. The first-order valence-corrected chi connectivity index (χ1v) is 12.3. The number of hydrogen-bond donors (Lipinski definition) is 0. The Balaban J connectivity index is 1.33. The van der Waals surface area contributed by atoms with Crippen molar-refractivity contribution < 1.29 is 13.9 Å². The molecule has 1 atom stereocenters. The number of ether oxygens (including phenoxy) is 1. The first-order valence-electron chi connectivity index (χ1n) is 11.4. The number of nitrogens with zero attached hydrogens (tertiary/aromatic N) is 4. The lowest BCUT2D eigenvalue weighted by molar-refractivity contribution is 0.0569. The van der Waals surface area contributed by atoms with Crippen molar-refractivity contribution in [1.29, 1.82) is 0 Å². The van der Waals surface area contributed by atoms with E-state index in [0.29, 0.717) is 24.4 Å². The van der Waals surface area contributed by atoms with Crippen molar-refractivity contribution in [2.75, 3.05) is 13.7 Å². The Morgan fingerprint density at radius 3 is 2.85 bits per heavy atom. The van der Waals surface area contributed by atoms with Crippen LogP contribution in [0.1, 0.15) is 58.6 Å². The average molecular weight is 475 g/mol. The van der Waals surface area contributed by atoms with E-state index in [0.717, 1.165) is 52.6 Å². The van der Waals surface area contributed by atoms with E-state index < -0.39 is 0 Å². The molecule has 5 rings (SSSR count). The number of amides is 1. The van der Waals surface area contributed by atoms with Crippen LogP contribution in [-0.2, 0) is 6.42 Å². The van der Waals surface area contributed by atoms with Crippen LogP contribution in [-0.4, -0.2) is 39.4 Å². The van der Waals surface area contributed by atoms with Gasteiger partial charge in [-0.15, -0.1) is 11.3 Å². The van der Waals surface area contributed by atoms with Gasteiger partial charge in [0.1, 0.15) is 17.6 Å². The number of oxazole rings is 1. The molecule has 1 amide bonds. The quantitative estimate of drug-likeness (QED) is 0.369. The van der Waals surface area contributed by atoms with Crippen LogP contribution in [0.3, 0.4) is 0 Å². The smallest absolute Gasteiger partial charge is 0.256 e. The zero-order chi connectivity index (χ0) is 23.5. The maximum absolute atomic E-state index is 13.4. The molecular weight excluding hydrogens is 448 g/mol. The predicted molar refractivity (Wildman–Crippen MR) is 130 cm³/mol. The number of pyridine rings is 1. The van der Waals surface area contributed by atoms with Crippen LogP contribution in [0.25, 0.3) is 10.6 Å². The molecule has 0 unspecified atom stereocenters. The lowest BCUT2D eigenvalue weighted by Crippen LogP contribution is -2.38. The van der Waals surface area contributed by atoms with Gasteiger partial charge in [-0.1, -0.05) is 12.1 Å². The van der Waals surface area contributed by atoms with E-state index in [-0.39, 0.29) is 11.9 Å². The van der Waals surface area contributed by atoms with Gasteiger partial charge in [0, 0.05) is 19.2 Å². The van der Waals surface area contributed by atoms with Gasteiger partial charge in [0.15, 0.2) is 0 Å². The monoisotopic (exact) mass is 474 g/mol. The SMILES string of the molecule is COc1cccc(Cc2cnc([C@@H]3CCCCN3C(=O)c3ccc(-c4scnc4C)nc3)o2)c1. The summed E-state index contributed by atoms with van der Waals surface area (Å²) < 4.78 is 11.4. The van der Waals surface area contributed by atoms with Gasteiger partial charge in [0.05, 0.1) is 40.6 Å². The summed E-state index contributed by atoms with van der Waals surface area (Å²) in [5, 5.41) is 0. The van der Waals surface area contributed by atoms with Crippen LogP contribution in [0.5, 0.6) is 5.75 Å². The molecular formula is C26H26N4O3S. The number of carbonyl (C=O) groups is 1. The fourth-order valence-electron chi connectivity index (χ4n) is 4.34. The van der Waals surface area contributed by atoms with Crippen molar-refractivity contribution >= 4 is 17.2 Å². The second-order valence-electron chi connectivity index (χ2n) is 8.40. The van der Waals surface area contributed by atoms with Gasteiger partial charge in [-0.05, 0) is 56.0 Å². The molecule has 0 aliphatic carbocycles. The summed E-state index contributed by atoms with van der Waals surface area (Å²) in [6.07, 6.45) is 6.87. The molecule has 174 valence electrons. The number of aromatic nitrogens is 3. The molecule has 8 heteroatoms. The number of hydrogen-bond acceptors (Lipinski definition) is 7. The largest absolute Gasteiger partial charge is 0.497 e. The van der Waals surface area contributed by atoms with E-state index in [2.05, 4.69) is 15.0 Å². The third kappa shape index (κ3) is 4.59. The van der Waals surface area contributed by atoms with Gasteiger partial charge in [-0.3, -0.25) is 9.78 Å². The van der Waals surface area contributed by atoms with Crippen LogP contribution < -0.4 is 4.74 Å². The lowest BCUT2D eigenvalue weighted by atomic mass is 10.0. The maximum atomic E-state index is 13.4. The molecule has 0 bridgehead atoms. The van der Waals surface area contributed by atoms with Gasteiger partial charge in [-0.25, -0.2) is 9.97 Å². The topological polar surface area (TPSA) is 81.4 Å². The number of aryl methyl sites for hydroxylation is 1. The number of benzene rings is 1. The Hall–Kier alpha value is -3.52. The molecule has 4 aromatic rings. The van der Waals surface area contributed by atoms with Gasteiger partial charge < -0.3 is 14.1 Å². The van der Waals surface area contributed by atoms with Crippen LogP contribution in [0, 0.1) is 6.92 Å². The highest BCUT2D eigenvalue weighted by Gasteiger charge is 2.32. The van der Waals surface area contributed by atoms with Crippen molar-refractivity contribution in [1.82, 2.24) is 19.9 Å². The molecule has 0 radical (unpaired) electrons. The van der Waals surface area contributed by atoms with Crippen molar-refractivity contribution in [3.05, 3.63) is 82.8 Å². The Kier molecular flexibility index (Phi) is 6.40. The highest BCUT2D eigenvalue weighted by Crippen LogP contribution is 2.33. The third-order valence-corrected chi connectivity index (χ3v) is 7.07. The summed E-state index contributed by atoms with van der Waals surface area (Å²) in [5.41, 5.74) is 5.24. The molecule has 0 spiro atoms. The normalized spacial score (nSPS) is 15.9. The van der Waals surface area contributed by atoms with Crippen LogP contribution >= 0.6 is 11.3 Å². The summed E-state index contributed by atoms with van der Waals surface area (Å²) in [5.74, 6) is 2.13. The van der Waals surface area contributed by atoms with Crippen molar-refractivity contribution in [3.8, 4) is 16.3 Å². The van der Waals surface area contributed by atoms with Gasteiger partial charge in [-0.2, -0.15) is 0 Å². The Morgan fingerprint density at radius 2 is 2.09 bits per heavy atom. The molecule has 4 heterocycles. The van der Waals surface area contributed by atoms with Crippen molar-refractivity contribution in [2.24, 2.45) is 0 Å². The molecule has 1 aliphatic heterocycles. The molecule has 3 aromatic heterocycles. The first-order chi connectivity index (χ1) is 16.6. The number of methoxy groups -OCH3 is 1. The van der Waals surface area contributed by atoms with Gasteiger partial charge >= 0.3 is 0 Å². The van der Waals surface area contributed by atoms with Crippen molar-refractivity contribution in [2.45, 2.75) is 38.6 Å². The Labute approximate surface area is 202 Å². The minimum atomic E-state index is -0.177. The molecule has 0 N–H and O–H groups in total. The molecule has 7 nitrogen and oxygen atoms in total. The van der Waals surface area contributed by atoms with Crippen LogP contribution in [0.4, 0.5) is 0 Å². The summed E-state index contributed by atoms with van der Waals surface area (Å²) >= 11 is 1.55. The predicted octanol–water partition coefficient (Wildman–Crippen LogP) is 5.47. The molecule has 1 fully saturated rings. The lowest BCUT2D eigenvalue weighted by Gasteiger charge is -2.33. The van der Waals surface area contributed by atoms with Gasteiger partial charge in [0.2, 0.25) is 5.89 Å². The first kappa shape index (κ1) is 22.3. The van der Waals surface area contributed by atoms with Crippen LogP contribution in [0.15, 0.2) is 58.7 Å². The van der Waals surface area contributed by atoms with Gasteiger partial charge in [0.25, 0.3) is 5.91 Å². The van der Waals surface area contributed by atoms with E-state index >= 15 is 0 Å². The zero-order valence-corrected chi connectivity index (χ0v) is 20.0. The molecule has 1 aromatic carbocycles. The maximum Gasteiger partial charge on any atom is 0.256 e. The fraction of sp³-hybridized carbons (Fsp3) is 0.308. The highest BCUT2D eigenvalue weighted by molar-refractivity contribution is 7.13. The summed E-state index contributed by atoms with van der Waals surface area (Å²) in [4.78, 5) is 29.7. The second-order valence-corrected chi connectivity index (χ2v) is 9.26. The van der Waals surface area contributed by atoms with E-state index in [4.69, 9.17) is 9.15 Å². The summed E-state index contributed by atoms with van der Waals surface area (Å²) in [6, 6.07) is 11.5. The second kappa shape index (κ2) is 9.77. The standard InChI is InChI=1S/C26H26N4O3S/c1-17-24(34-16-29-17)22-10-9-19(14-27-22)26(31)30-11-4-3-8-23(30)25-28-15-21(33-25)13-18-6-5-7-20(12-18)32-2/h5-7,9-10,12,14-16,23H,3-4,8,11,13H2,1-2H3/t23-/m0/s1. The van der Waals surface area contributed by atoms with E-state index in [1.54, 1.807) is 30.8 Å². The minimum absolute atomic E-state index is 0.0441. The zero-order valence-electron chi connectivity index (χ0n) is 19.2. The number of carbonyl (C=O) groups excluding carboxylic acids is 1. The number of likely N-dealkylation sites (tertiary alicyclic amines) is 1. The highest BCUT2D eigenvalue weighted by atomic mass is 32.1. The average Bonchev–Trinajstić information content (AvgIpc) is 3.53. The summed E-state index contributed by atoms with van der Waals surface area (Å²) in [7, 11) is 1.66. The van der Waals surface area contributed by atoms with Crippen molar-refractivity contribution in [3.63, 3.8) is 0 Å². The van der Waals surface area contributed by atoms with E-state index in [9.17, 15) is 4.79 Å². The molecule has 1 saturated heterocycles. The molecule has 1 aliphatic rings. The molecule has 0 saturated carbocycles. The number of rotatable bonds is 6. The Bertz CT molecular complexity index is 1280. The van der Waals surface area contributed by atoms with E-state index in [1.807, 2.05) is 53.7 Å². The number of thiazole rings is 1. The third-order valence-electron chi connectivity index (χ3n) is 6.12. The summed E-state index contributed by atoms with van der Waals surface area (Å²) in [6.45, 7) is 2.64. The van der Waals surface area contributed by atoms with Crippen LogP contribution in [0.2, 0.25) is 0 Å². The molecule has 34 heavy (non-hydrogen) atoms.